The van der Waals surface area contributed by atoms with E-state index >= 15 is 0 Å². The number of fused-ring (bicyclic) bond motifs is 1. The van der Waals surface area contributed by atoms with Gasteiger partial charge in [0.05, 0.1) is 22.9 Å². The summed E-state index contributed by atoms with van der Waals surface area (Å²) >= 11 is 0. The summed E-state index contributed by atoms with van der Waals surface area (Å²) in [6, 6.07) is 8.37. The van der Waals surface area contributed by atoms with E-state index in [1.165, 1.54) is 10.9 Å². The number of morpholine rings is 1. The third kappa shape index (κ3) is 2.95. The van der Waals surface area contributed by atoms with Crippen LogP contribution in [0.5, 0.6) is 0 Å². The summed E-state index contributed by atoms with van der Waals surface area (Å²) in [4.78, 5) is 2.40. The van der Waals surface area contributed by atoms with Crippen molar-refractivity contribution in [3.63, 3.8) is 0 Å². The number of benzene rings is 1. The van der Waals surface area contributed by atoms with Crippen LogP contribution < -0.4 is 5.73 Å². The lowest BCUT2D eigenvalue weighted by molar-refractivity contribution is -0.134. The Balaban J connectivity index is 1.84. The van der Waals surface area contributed by atoms with E-state index in [1.54, 1.807) is 0 Å². The molecule has 5 nitrogen and oxygen atoms in total. The number of nitrogens with two attached hydrogens (primary N) is 1. The molecule has 1 aliphatic rings. The molecule has 0 saturated carbocycles. The molecular weight excluding hydrogens is 264 g/mol. The smallest absolute Gasteiger partial charge is 0.0843 e. The summed E-state index contributed by atoms with van der Waals surface area (Å²) in [6.45, 7) is 7.41. The second kappa shape index (κ2) is 5.40. The molecule has 2 aromatic rings. The average molecular weight is 288 g/mol. The molecule has 0 aliphatic carbocycles. The highest BCUT2D eigenvalue weighted by molar-refractivity contribution is 5.81. The number of hydrogen-bond acceptors (Lipinski definition) is 4. The van der Waals surface area contributed by atoms with Gasteiger partial charge in [0.25, 0.3) is 0 Å². The Morgan fingerprint density at radius 2 is 2.14 bits per heavy atom. The van der Waals surface area contributed by atoms with Crippen molar-refractivity contribution in [3.8, 4) is 0 Å². The monoisotopic (exact) mass is 288 g/mol. The molecule has 0 radical (unpaired) electrons. The SMILES string of the molecule is Cn1nc(CN2CC(CN)OC(C)(C)C2)c2ccccc21. The minimum atomic E-state index is -0.160. The first-order valence-corrected chi connectivity index (χ1v) is 7.49. The summed E-state index contributed by atoms with van der Waals surface area (Å²) in [5.41, 5.74) is 7.95. The Morgan fingerprint density at radius 3 is 2.90 bits per heavy atom. The average Bonchev–Trinajstić information content (AvgIpc) is 2.74. The third-order valence-corrected chi connectivity index (χ3v) is 4.02. The van der Waals surface area contributed by atoms with Gasteiger partial charge in [0, 0.05) is 38.6 Å². The van der Waals surface area contributed by atoms with Gasteiger partial charge >= 0.3 is 0 Å². The maximum absolute atomic E-state index is 5.99. The Labute approximate surface area is 125 Å². The van der Waals surface area contributed by atoms with Gasteiger partial charge in [-0.15, -0.1) is 0 Å². The number of aryl methyl sites for hydroxylation is 1. The quantitative estimate of drug-likeness (QED) is 0.930. The first kappa shape index (κ1) is 14.5. The van der Waals surface area contributed by atoms with Crippen molar-refractivity contribution in [2.75, 3.05) is 19.6 Å². The zero-order chi connectivity index (χ0) is 15.0. The standard InChI is InChI=1S/C16H24N4O/c1-16(2)11-20(9-12(8-17)21-16)10-14-13-6-4-5-7-15(13)19(3)18-14/h4-7,12H,8-11,17H2,1-3H3. The Morgan fingerprint density at radius 1 is 1.38 bits per heavy atom. The molecule has 3 rings (SSSR count). The molecule has 1 unspecified atom stereocenters. The summed E-state index contributed by atoms with van der Waals surface area (Å²) in [7, 11) is 2.00. The fraction of sp³-hybridized carbons (Fsp3) is 0.562. The number of ether oxygens (including phenoxy) is 1. The van der Waals surface area contributed by atoms with Gasteiger partial charge in [0.1, 0.15) is 0 Å². The van der Waals surface area contributed by atoms with Gasteiger partial charge in [-0.1, -0.05) is 18.2 Å². The van der Waals surface area contributed by atoms with E-state index in [2.05, 4.69) is 48.1 Å². The van der Waals surface area contributed by atoms with Crippen LogP contribution in [0.15, 0.2) is 24.3 Å². The molecule has 1 aromatic heterocycles. The summed E-state index contributed by atoms with van der Waals surface area (Å²) in [6.07, 6.45) is 0.101. The van der Waals surface area contributed by atoms with E-state index in [0.29, 0.717) is 6.54 Å². The topological polar surface area (TPSA) is 56.3 Å². The number of hydrogen-bond donors (Lipinski definition) is 1. The highest BCUT2D eigenvalue weighted by atomic mass is 16.5. The highest BCUT2D eigenvalue weighted by Gasteiger charge is 2.33. The molecular formula is C16H24N4O. The van der Waals surface area contributed by atoms with Crippen molar-refractivity contribution in [2.45, 2.75) is 32.1 Å². The highest BCUT2D eigenvalue weighted by Crippen LogP contribution is 2.24. The molecule has 0 amide bonds. The second-order valence-electron chi connectivity index (χ2n) is 6.49. The van der Waals surface area contributed by atoms with Crippen LogP contribution in [0.25, 0.3) is 10.9 Å². The Hall–Kier alpha value is -1.43. The van der Waals surface area contributed by atoms with Crippen molar-refractivity contribution >= 4 is 10.9 Å². The van der Waals surface area contributed by atoms with Crippen LogP contribution in [0.4, 0.5) is 0 Å². The van der Waals surface area contributed by atoms with Gasteiger partial charge in [0.2, 0.25) is 0 Å². The predicted molar refractivity (Wildman–Crippen MR) is 84.0 cm³/mol. The molecule has 114 valence electrons. The zero-order valence-electron chi connectivity index (χ0n) is 13.0. The molecule has 0 bridgehead atoms. The van der Waals surface area contributed by atoms with Crippen molar-refractivity contribution in [1.82, 2.24) is 14.7 Å². The van der Waals surface area contributed by atoms with E-state index in [9.17, 15) is 0 Å². The first-order chi connectivity index (χ1) is 9.98. The molecule has 0 spiro atoms. The molecule has 2 N–H and O–H groups in total. The zero-order valence-corrected chi connectivity index (χ0v) is 13.0. The van der Waals surface area contributed by atoms with Crippen LogP contribution in [-0.2, 0) is 18.3 Å². The maximum Gasteiger partial charge on any atom is 0.0843 e. The fourth-order valence-corrected chi connectivity index (χ4v) is 3.28. The summed E-state index contributed by atoms with van der Waals surface area (Å²) in [5, 5.41) is 5.92. The van der Waals surface area contributed by atoms with E-state index in [1.807, 2.05) is 11.7 Å². The van der Waals surface area contributed by atoms with Gasteiger partial charge in [-0.25, -0.2) is 0 Å². The van der Waals surface area contributed by atoms with Crippen LogP contribution in [0.1, 0.15) is 19.5 Å². The van der Waals surface area contributed by atoms with Crippen molar-refractivity contribution in [3.05, 3.63) is 30.0 Å². The minimum Gasteiger partial charge on any atom is -0.368 e. The van der Waals surface area contributed by atoms with Gasteiger partial charge in [-0.05, 0) is 19.9 Å². The van der Waals surface area contributed by atoms with Gasteiger partial charge in [-0.3, -0.25) is 9.58 Å². The van der Waals surface area contributed by atoms with Crippen molar-refractivity contribution in [2.24, 2.45) is 12.8 Å². The largest absolute Gasteiger partial charge is 0.368 e. The number of nitrogens with zero attached hydrogens (tertiary/aromatic N) is 3. The number of para-hydroxylation sites is 1. The predicted octanol–water partition coefficient (Wildman–Crippen LogP) is 1.51. The third-order valence-electron chi connectivity index (χ3n) is 4.02. The molecule has 1 aromatic carbocycles. The molecule has 1 saturated heterocycles. The van der Waals surface area contributed by atoms with E-state index in [4.69, 9.17) is 10.5 Å². The van der Waals surface area contributed by atoms with E-state index in [-0.39, 0.29) is 11.7 Å². The second-order valence-corrected chi connectivity index (χ2v) is 6.49. The van der Waals surface area contributed by atoms with Gasteiger partial charge < -0.3 is 10.5 Å². The van der Waals surface area contributed by atoms with Gasteiger partial charge in [-0.2, -0.15) is 5.10 Å². The lowest BCUT2D eigenvalue weighted by Gasteiger charge is -2.42. The van der Waals surface area contributed by atoms with Crippen LogP contribution in [0.2, 0.25) is 0 Å². The molecule has 5 heteroatoms. The lowest BCUT2D eigenvalue weighted by Crippen LogP contribution is -2.54. The fourth-order valence-electron chi connectivity index (χ4n) is 3.28. The van der Waals surface area contributed by atoms with Crippen LogP contribution in [0, 0.1) is 0 Å². The Bertz CT molecular complexity index is 634. The Kier molecular flexibility index (Phi) is 3.73. The summed E-state index contributed by atoms with van der Waals surface area (Å²) in [5.74, 6) is 0. The number of rotatable bonds is 3. The maximum atomic E-state index is 5.99. The van der Waals surface area contributed by atoms with E-state index in [0.717, 1.165) is 25.3 Å². The van der Waals surface area contributed by atoms with Crippen LogP contribution in [-0.4, -0.2) is 46.0 Å². The first-order valence-electron chi connectivity index (χ1n) is 7.49. The van der Waals surface area contributed by atoms with Crippen LogP contribution >= 0.6 is 0 Å². The van der Waals surface area contributed by atoms with E-state index < -0.39 is 0 Å². The van der Waals surface area contributed by atoms with Crippen molar-refractivity contribution in [1.29, 1.82) is 0 Å². The molecule has 1 atom stereocenters. The normalized spacial score (nSPS) is 22.8. The lowest BCUT2D eigenvalue weighted by atomic mass is 10.0. The number of aromatic nitrogens is 2. The van der Waals surface area contributed by atoms with Crippen molar-refractivity contribution < 1.29 is 4.74 Å². The molecule has 1 aliphatic heterocycles. The molecule has 2 heterocycles. The van der Waals surface area contributed by atoms with Gasteiger partial charge in [0.15, 0.2) is 0 Å². The molecule has 21 heavy (non-hydrogen) atoms. The molecule has 1 fully saturated rings. The van der Waals surface area contributed by atoms with Crippen LogP contribution in [0.3, 0.4) is 0 Å². The minimum absolute atomic E-state index is 0.101. The summed E-state index contributed by atoms with van der Waals surface area (Å²) < 4.78 is 7.95.